The number of rotatable bonds is 5. The summed E-state index contributed by atoms with van der Waals surface area (Å²) in [6.07, 6.45) is 2.57. The van der Waals surface area contributed by atoms with E-state index in [0.29, 0.717) is 11.6 Å². The monoisotopic (exact) mass is 261 g/mol. The summed E-state index contributed by atoms with van der Waals surface area (Å²) in [5.41, 5.74) is 2.54. The molecule has 1 saturated carbocycles. The first-order chi connectivity index (χ1) is 9.13. The highest BCUT2D eigenvalue weighted by Gasteiger charge is 2.23. The van der Waals surface area contributed by atoms with Gasteiger partial charge in [-0.05, 0) is 44.6 Å². The Morgan fingerprint density at radius 1 is 1.47 bits per heavy atom. The number of likely N-dealkylation sites (N-methyl/N-ethyl adjacent to an activating group) is 1. The predicted molar refractivity (Wildman–Crippen MR) is 74.3 cm³/mol. The highest BCUT2D eigenvalue weighted by atomic mass is 16.4. The molecule has 0 saturated heterocycles. The van der Waals surface area contributed by atoms with Gasteiger partial charge in [-0.15, -0.1) is 0 Å². The highest BCUT2D eigenvalue weighted by molar-refractivity contribution is 5.72. The van der Waals surface area contributed by atoms with Gasteiger partial charge in [0.05, 0.1) is 5.52 Å². The van der Waals surface area contributed by atoms with Crippen LogP contribution < -0.4 is 11.1 Å². The highest BCUT2D eigenvalue weighted by Crippen LogP contribution is 2.24. The number of hydrogen-bond donors (Lipinski definition) is 2. The lowest BCUT2D eigenvalue weighted by atomic mass is 10.1. The molecule has 0 radical (unpaired) electrons. The smallest absolute Gasteiger partial charge is 0.408 e. The molecule has 1 heterocycles. The second-order valence-corrected chi connectivity index (χ2v) is 5.43. The SMILES string of the molecule is CN(C)C(CNC1CC1)c1ccc2[nH]c(=O)oc2c1. The number of hydrogen-bond acceptors (Lipinski definition) is 4. The van der Waals surface area contributed by atoms with Crippen molar-refractivity contribution in [3.8, 4) is 0 Å². The maximum absolute atomic E-state index is 11.2. The van der Waals surface area contributed by atoms with Gasteiger partial charge in [-0.1, -0.05) is 6.07 Å². The average molecular weight is 261 g/mol. The summed E-state index contributed by atoms with van der Waals surface area (Å²) >= 11 is 0. The standard InChI is InChI=1S/C14H19N3O2/c1-17(2)12(8-15-10-4-5-10)9-3-6-11-13(7-9)19-14(18)16-11/h3,6-7,10,12,15H,4-5,8H2,1-2H3,(H,16,18). The van der Waals surface area contributed by atoms with Crippen LogP contribution in [0.15, 0.2) is 27.4 Å². The Bertz CT molecular complexity index is 625. The average Bonchev–Trinajstić information content (AvgIpc) is 3.09. The zero-order valence-corrected chi connectivity index (χ0v) is 11.3. The second-order valence-electron chi connectivity index (χ2n) is 5.43. The van der Waals surface area contributed by atoms with E-state index in [1.807, 2.05) is 18.2 Å². The number of oxazole rings is 1. The fourth-order valence-electron chi connectivity index (χ4n) is 2.33. The zero-order chi connectivity index (χ0) is 13.4. The van der Waals surface area contributed by atoms with Crippen molar-refractivity contribution in [1.29, 1.82) is 0 Å². The Balaban J connectivity index is 1.86. The van der Waals surface area contributed by atoms with Crippen LogP contribution in [-0.4, -0.2) is 36.6 Å². The van der Waals surface area contributed by atoms with Crippen LogP contribution >= 0.6 is 0 Å². The van der Waals surface area contributed by atoms with Crippen LogP contribution in [-0.2, 0) is 0 Å². The number of nitrogens with zero attached hydrogens (tertiary/aromatic N) is 1. The van der Waals surface area contributed by atoms with Gasteiger partial charge < -0.3 is 14.6 Å². The van der Waals surface area contributed by atoms with Gasteiger partial charge >= 0.3 is 5.76 Å². The van der Waals surface area contributed by atoms with Gasteiger partial charge in [0.15, 0.2) is 5.58 Å². The molecule has 19 heavy (non-hydrogen) atoms. The van der Waals surface area contributed by atoms with Crippen molar-refractivity contribution >= 4 is 11.1 Å². The van der Waals surface area contributed by atoms with Gasteiger partial charge in [-0.25, -0.2) is 4.79 Å². The van der Waals surface area contributed by atoms with E-state index in [4.69, 9.17) is 4.42 Å². The summed E-state index contributed by atoms with van der Waals surface area (Å²) < 4.78 is 5.13. The summed E-state index contributed by atoms with van der Waals surface area (Å²) in [6.45, 7) is 0.915. The molecule has 5 heteroatoms. The number of nitrogens with one attached hydrogen (secondary N) is 2. The maximum Gasteiger partial charge on any atom is 0.417 e. The fourth-order valence-corrected chi connectivity index (χ4v) is 2.33. The largest absolute Gasteiger partial charge is 0.417 e. The molecular weight excluding hydrogens is 242 g/mol. The first kappa shape index (κ1) is 12.4. The molecule has 0 spiro atoms. The third kappa shape index (κ3) is 2.72. The van der Waals surface area contributed by atoms with Crippen molar-refractivity contribution in [2.45, 2.75) is 24.9 Å². The van der Waals surface area contributed by atoms with Crippen LogP contribution in [0.5, 0.6) is 0 Å². The first-order valence-electron chi connectivity index (χ1n) is 6.66. The Morgan fingerprint density at radius 2 is 2.26 bits per heavy atom. The molecule has 1 fully saturated rings. The lowest BCUT2D eigenvalue weighted by Crippen LogP contribution is -2.32. The van der Waals surface area contributed by atoms with Crippen molar-refractivity contribution in [2.24, 2.45) is 0 Å². The number of fused-ring (bicyclic) bond motifs is 1. The molecule has 1 aromatic carbocycles. The number of H-pyrrole nitrogens is 1. The molecule has 0 amide bonds. The normalized spacial score (nSPS) is 17.2. The molecule has 3 rings (SSSR count). The van der Waals surface area contributed by atoms with Crippen molar-refractivity contribution in [3.63, 3.8) is 0 Å². The minimum atomic E-state index is -0.398. The van der Waals surface area contributed by atoms with Gasteiger partial charge in [0.2, 0.25) is 0 Å². The molecule has 2 aromatic rings. The van der Waals surface area contributed by atoms with E-state index in [1.165, 1.54) is 12.8 Å². The first-order valence-corrected chi connectivity index (χ1v) is 6.66. The molecule has 102 valence electrons. The van der Waals surface area contributed by atoms with E-state index >= 15 is 0 Å². The molecule has 1 atom stereocenters. The van der Waals surface area contributed by atoms with Crippen molar-refractivity contribution in [1.82, 2.24) is 15.2 Å². The van der Waals surface area contributed by atoms with Gasteiger partial charge in [-0.3, -0.25) is 4.98 Å². The summed E-state index contributed by atoms with van der Waals surface area (Å²) in [7, 11) is 4.13. The van der Waals surface area contributed by atoms with Gasteiger partial charge in [0, 0.05) is 18.6 Å². The fraction of sp³-hybridized carbons (Fsp3) is 0.500. The minimum absolute atomic E-state index is 0.283. The van der Waals surface area contributed by atoms with E-state index in [9.17, 15) is 4.79 Å². The van der Waals surface area contributed by atoms with Crippen molar-refractivity contribution in [3.05, 3.63) is 34.3 Å². The van der Waals surface area contributed by atoms with Crippen LogP contribution in [0.2, 0.25) is 0 Å². The number of benzene rings is 1. The molecule has 1 aliphatic carbocycles. The van der Waals surface area contributed by atoms with Crippen LogP contribution in [0.25, 0.3) is 11.1 Å². The third-order valence-corrected chi connectivity index (χ3v) is 3.63. The third-order valence-electron chi connectivity index (χ3n) is 3.63. The van der Waals surface area contributed by atoms with Crippen molar-refractivity contribution < 1.29 is 4.42 Å². The summed E-state index contributed by atoms with van der Waals surface area (Å²) in [5, 5.41) is 3.55. The molecule has 1 aliphatic rings. The lowest BCUT2D eigenvalue weighted by Gasteiger charge is -2.25. The minimum Gasteiger partial charge on any atom is -0.408 e. The Labute approximate surface area is 111 Å². The van der Waals surface area contributed by atoms with Crippen LogP contribution in [0.1, 0.15) is 24.4 Å². The van der Waals surface area contributed by atoms with E-state index < -0.39 is 5.76 Å². The van der Waals surface area contributed by atoms with Gasteiger partial charge in [-0.2, -0.15) is 0 Å². The van der Waals surface area contributed by atoms with E-state index in [1.54, 1.807) is 0 Å². The summed E-state index contributed by atoms with van der Waals surface area (Å²) in [5.74, 6) is -0.398. The molecule has 2 N–H and O–H groups in total. The van der Waals surface area contributed by atoms with E-state index in [2.05, 4.69) is 29.3 Å². The predicted octanol–water partition coefficient (Wildman–Crippen LogP) is 1.48. The van der Waals surface area contributed by atoms with Crippen LogP contribution in [0.4, 0.5) is 0 Å². The Morgan fingerprint density at radius 3 is 2.95 bits per heavy atom. The number of aromatic nitrogens is 1. The number of aromatic amines is 1. The Kier molecular flexibility index (Phi) is 3.16. The lowest BCUT2D eigenvalue weighted by molar-refractivity contribution is 0.288. The quantitative estimate of drug-likeness (QED) is 0.855. The zero-order valence-electron chi connectivity index (χ0n) is 11.3. The van der Waals surface area contributed by atoms with Crippen molar-refractivity contribution in [2.75, 3.05) is 20.6 Å². The van der Waals surface area contributed by atoms with Gasteiger partial charge in [0.25, 0.3) is 0 Å². The second kappa shape index (κ2) is 4.83. The molecule has 5 nitrogen and oxygen atoms in total. The molecular formula is C14H19N3O2. The van der Waals surface area contributed by atoms with E-state index in [0.717, 1.165) is 17.6 Å². The van der Waals surface area contributed by atoms with Gasteiger partial charge in [0.1, 0.15) is 0 Å². The Hall–Kier alpha value is -1.59. The topological polar surface area (TPSA) is 61.3 Å². The summed E-state index contributed by atoms with van der Waals surface area (Å²) in [6, 6.07) is 6.88. The maximum atomic E-state index is 11.2. The van der Waals surface area contributed by atoms with Crippen LogP contribution in [0.3, 0.4) is 0 Å². The summed E-state index contributed by atoms with van der Waals surface area (Å²) in [4.78, 5) is 16.0. The van der Waals surface area contributed by atoms with Crippen LogP contribution in [0, 0.1) is 0 Å². The molecule has 0 bridgehead atoms. The molecule has 1 unspecified atom stereocenters. The molecule has 0 aliphatic heterocycles. The van der Waals surface area contributed by atoms with E-state index in [-0.39, 0.29) is 6.04 Å². The molecule has 1 aromatic heterocycles.